The van der Waals surface area contributed by atoms with Gasteiger partial charge in [-0.25, -0.2) is 5.84 Å². The van der Waals surface area contributed by atoms with Crippen LogP contribution in [-0.4, -0.2) is 10.3 Å². The summed E-state index contributed by atoms with van der Waals surface area (Å²) in [5.41, 5.74) is 4.32. The summed E-state index contributed by atoms with van der Waals surface area (Å²) in [6.45, 7) is 1.73. The summed E-state index contributed by atoms with van der Waals surface area (Å²) >= 11 is 0. The van der Waals surface area contributed by atoms with E-state index in [1.54, 1.807) is 29.7 Å². The maximum absolute atomic E-state index is 11.6. The fraction of sp³-hybridized carbons (Fsp3) is 0.0909. The van der Waals surface area contributed by atoms with E-state index in [9.17, 15) is 4.79 Å². The summed E-state index contributed by atoms with van der Waals surface area (Å²) in [6.07, 6.45) is 1.73. The van der Waals surface area contributed by atoms with E-state index in [1.165, 1.54) is 0 Å². The second kappa shape index (κ2) is 3.68. The highest BCUT2D eigenvalue weighted by atomic mass is 16.2. The van der Waals surface area contributed by atoms with Crippen molar-refractivity contribution in [1.82, 2.24) is 9.83 Å². The van der Waals surface area contributed by atoms with Gasteiger partial charge >= 0.3 is 0 Å². The molecule has 0 radical (unpaired) electrons. The molecule has 5 heteroatoms. The third-order valence-corrected chi connectivity index (χ3v) is 2.55. The van der Waals surface area contributed by atoms with Crippen molar-refractivity contribution in [3.8, 4) is 6.07 Å². The second-order valence-electron chi connectivity index (χ2n) is 3.39. The van der Waals surface area contributed by atoms with Crippen molar-refractivity contribution in [2.24, 2.45) is 5.84 Å². The van der Waals surface area contributed by atoms with Crippen LogP contribution in [0.25, 0.3) is 5.52 Å². The molecule has 2 heterocycles. The van der Waals surface area contributed by atoms with E-state index in [1.807, 2.05) is 6.07 Å². The Morgan fingerprint density at radius 1 is 1.56 bits per heavy atom. The Bertz CT molecular complexity index is 606. The molecule has 2 aromatic rings. The summed E-state index contributed by atoms with van der Waals surface area (Å²) < 4.78 is 1.66. The minimum atomic E-state index is -0.403. The molecular weight excluding hydrogens is 204 g/mol. The summed E-state index contributed by atoms with van der Waals surface area (Å²) in [7, 11) is 0. The Morgan fingerprint density at radius 3 is 2.94 bits per heavy atom. The minimum absolute atomic E-state index is 0.398. The minimum Gasteiger partial charge on any atom is -0.311 e. The van der Waals surface area contributed by atoms with Crippen LogP contribution in [0.5, 0.6) is 0 Å². The van der Waals surface area contributed by atoms with Crippen LogP contribution in [-0.2, 0) is 0 Å². The number of amides is 1. The van der Waals surface area contributed by atoms with Crippen LogP contribution >= 0.6 is 0 Å². The number of nitrogens with one attached hydrogen (secondary N) is 1. The summed E-state index contributed by atoms with van der Waals surface area (Å²) in [6, 6.07) is 7.50. The number of nitrogen functional groups attached to an aromatic ring is 1. The molecule has 0 aliphatic carbocycles. The van der Waals surface area contributed by atoms with E-state index < -0.39 is 5.91 Å². The number of hydrazine groups is 1. The largest absolute Gasteiger partial charge is 0.311 e. The van der Waals surface area contributed by atoms with Crippen molar-refractivity contribution in [2.45, 2.75) is 6.92 Å². The Morgan fingerprint density at radius 2 is 2.31 bits per heavy atom. The zero-order valence-corrected chi connectivity index (χ0v) is 8.69. The maximum atomic E-state index is 11.6. The first kappa shape index (κ1) is 10.2. The van der Waals surface area contributed by atoms with Gasteiger partial charge in [0.05, 0.1) is 11.1 Å². The molecule has 80 valence electrons. The highest BCUT2D eigenvalue weighted by Crippen LogP contribution is 2.21. The molecule has 0 unspecified atom stereocenters. The van der Waals surface area contributed by atoms with Gasteiger partial charge in [-0.1, -0.05) is 6.07 Å². The molecule has 0 aliphatic rings. The monoisotopic (exact) mass is 214 g/mol. The van der Waals surface area contributed by atoms with E-state index in [-0.39, 0.29) is 0 Å². The average molecular weight is 214 g/mol. The van der Waals surface area contributed by atoms with E-state index >= 15 is 0 Å². The van der Waals surface area contributed by atoms with Gasteiger partial charge < -0.3 is 4.40 Å². The first-order valence-corrected chi connectivity index (χ1v) is 4.71. The molecule has 0 spiro atoms. The molecule has 2 rings (SSSR count). The quantitative estimate of drug-likeness (QED) is 0.417. The molecule has 0 saturated carbocycles. The lowest BCUT2D eigenvalue weighted by Crippen LogP contribution is -2.31. The van der Waals surface area contributed by atoms with E-state index in [4.69, 9.17) is 11.1 Å². The molecule has 2 aromatic heterocycles. The van der Waals surface area contributed by atoms with E-state index in [0.717, 1.165) is 0 Å². The molecule has 3 N–H and O–H groups in total. The van der Waals surface area contributed by atoms with Crippen molar-refractivity contribution in [2.75, 3.05) is 0 Å². The highest BCUT2D eigenvalue weighted by molar-refractivity contribution is 5.96. The molecule has 0 fully saturated rings. The van der Waals surface area contributed by atoms with Gasteiger partial charge in [0.2, 0.25) is 0 Å². The van der Waals surface area contributed by atoms with Gasteiger partial charge in [-0.3, -0.25) is 10.2 Å². The Balaban J connectivity index is 2.89. The summed E-state index contributed by atoms with van der Waals surface area (Å²) in [5, 5.41) is 9.06. The Hall–Kier alpha value is -2.32. The first-order chi connectivity index (χ1) is 7.70. The number of pyridine rings is 1. The number of hydrogen-bond acceptors (Lipinski definition) is 3. The molecular formula is C11H10N4O. The second-order valence-corrected chi connectivity index (χ2v) is 3.39. The van der Waals surface area contributed by atoms with Crippen LogP contribution in [0.1, 0.15) is 21.6 Å². The standard InChI is InChI=1S/C11H10N4O/c1-7-8(6-12)9-4-2-3-5-15(9)10(7)11(16)14-13/h2-5H,13H2,1H3,(H,14,16). The first-order valence-electron chi connectivity index (χ1n) is 4.71. The van der Waals surface area contributed by atoms with Crippen LogP contribution in [0.15, 0.2) is 24.4 Å². The van der Waals surface area contributed by atoms with Crippen molar-refractivity contribution in [1.29, 1.82) is 5.26 Å². The summed E-state index contributed by atoms with van der Waals surface area (Å²) in [5.74, 6) is 4.72. The number of nitrogens with zero attached hydrogens (tertiary/aromatic N) is 2. The van der Waals surface area contributed by atoms with Crippen LogP contribution < -0.4 is 11.3 Å². The molecule has 0 bridgehead atoms. The zero-order chi connectivity index (χ0) is 11.7. The number of aromatic nitrogens is 1. The van der Waals surface area contributed by atoms with Crippen molar-refractivity contribution in [3.63, 3.8) is 0 Å². The smallest absolute Gasteiger partial charge is 0.282 e. The maximum Gasteiger partial charge on any atom is 0.282 e. The average Bonchev–Trinajstić information content (AvgIpc) is 2.60. The normalized spacial score (nSPS) is 10.1. The van der Waals surface area contributed by atoms with Gasteiger partial charge in [0.1, 0.15) is 11.8 Å². The lowest BCUT2D eigenvalue weighted by Gasteiger charge is -2.01. The van der Waals surface area contributed by atoms with Crippen molar-refractivity contribution >= 4 is 11.4 Å². The van der Waals surface area contributed by atoms with Crippen LogP contribution in [0.2, 0.25) is 0 Å². The molecule has 5 nitrogen and oxygen atoms in total. The number of fused-ring (bicyclic) bond motifs is 1. The van der Waals surface area contributed by atoms with Gasteiger partial charge in [0, 0.05) is 6.20 Å². The molecule has 1 amide bonds. The number of nitriles is 1. The fourth-order valence-corrected chi connectivity index (χ4v) is 1.82. The number of carbonyl (C=O) groups excluding carboxylic acids is 1. The SMILES string of the molecule is Cc1c(C#N)c2ccccn2c1C(=O)NN. The number of carbonyl (C=O) groups is 1. The number of hydrogen-bond donors (Lipinski definition) is 2. The van der Waals surface area contributed by atoms with Gasteiger partial charge in [0.15, 0.2) is 0 Å². The predicted molar refractivity (Wildman–Crippen MR) is 58.5 cm³/mol. The third-order valence-electron chi connectivity index (χ3n) is 2.55. The topological polar surface area (TPSA) is 83.3 Å². The van der Waals surface area contributed by atoms with Gasteiger partial charge in [-0.2, -0.15) is 5.26 Å². The fourth-order valence-electron chi connectivity index (χ4n) is 1.82. The van der Waals surface area contributed by atoms with Gasteiger partial charge in [-0.15, -0.1) is 0 Å². The van der Waals surface area contributed by atoms with Crippen LogP contribution in [0.4, 0.5) is 0 Å². The Labute approximate surface area is 92.1 Å². The van der Waals surface area contributed by atoms with Crippen LogP contribution in [0.3, 0.4) is 0 Å². The van der Waals surface area contributed by atoms with E-state index in [2.05, 4.69) is 11.5 Å². The summed E-state index contributed by atoms with van der Waals surface area (Å²) in [4.78, 5) is 11.6. The van der Waals surface area contributed by atoms with Crippen molar-refractivity contribution in [3.05, 3.63) is 41.2 Å². The molecule has 0 aliphatic heterocycles. The molecule has 16 heavy (non-hydrogen) atoms. The van der Waals surface area contributed by atoms with E-state index in [0.29, 0.717) is 22.3 Å². The van der Waals surface area contributed by atoms with Gasteiger partial charge in [0.25, 0.3) is 5.91 Å². The molecule has 0 saturated heterocycles. The lowest BCUT2D eigenvalue weighted by atomic mass is 10.1. The lowest BCUT2D eigenvalue weighted by molar-refractivity contribution is 0.0947. The number of nitrogens with two attached hydrogens (primary N) is 1. The molecule has 0 aromatic carbocycles. The van der Waals surface area contributed by atoms with Crippen molar-refractivity contribution < 1.29 is 4.79 Å². The predicted octanol–water partition coefficient (Wildman–Crippen LogP) is 0.723. The van der Waals surface area contributed by atoms with Gasteiger partial charge in [-0.05, 0) is 24.6 Å². The number of rotatable bonds is 1. The Kier molecular flexibility index (Phi) is 2.35. The zero-order valence-electron chi connectivity index (χ0n) is 8.69. The highest BCUT2D eigenvalue weighted by Gasteiger charge is 2.19. The van der Waals surface area contributed by atoms with Crippen LogP contribution in [0, 0.1) is 18.3 Å². The third kappa shape index (κ3) is 1.25. The molecule has 0 atom stereocenters.